The predicted molar refractivity (Wildman–Crippen MR) is 119 cm³/mol. The molecule has 1 fully saturated rings. The van der Waals surface area contributed by atoms with Crippen molar-refractivity contribution in [3.8, 4) is 6.07 Å². The first kappa shape index (κ1) is 22.1. The summed E-state index contributed by atoms with van der Waals surface area (Å²) in [6.07, 6.45) is 4.22. The van der Waals surface area contributed by atoms with Crippen LogP contribution in [-0.2, 0) is 11.2 Å². The number of nitriles is 1. The molecule has 1 heterocycles. The van der Waals surface area contributed by atoms with Gasteiger partial charge in [0.1, 0.15) is 5.54 Å². The molecule has 2 aromatic rings. The van der Waals surface area contributed by atoms with E-state index < -0.39 is 5.54 Å². The average molecular weight is 444 g/mol. The first-order chi connectivity index (χ1) is 14.3. The summed E-state index contributed by atoms with van der Waals surface area (Å²) in [4.78, 5) is 28.6. The van der Waals surface area contributed by atoms with Crippen LogP contribution >= 0.6 is 23.2 Å². The van der Waals surface area contributed by atoms with Crippen LogP contribution in [0, 0.1) is 11.3 Å². The van der Waals surface area contributed by atoms with Gasteiger partial charge >= 0.3 is 6.03 Å². The predicted octanol–water partition coefficient (Wildman–Crippen LogP) is 5.83. The highest BCUT2D eigenvalue weighted by molar-refractivity contribution is 6.35. The number of carbonyl (C=O) groups excluding carboxylic acids is 2. The largest absolute Gasteiger partial charge is 0.332 e. The Morgan fingerprint density at radius 3 is 2.23 bits per heavy atom. The fraction of sp³-hybridized carbons (Fsp3) is 0.348. The number of imide groups is 1. The Balaban J connectivity index is 1.60. The van der Waals surface area contributed by atoms with E-state index in [4.69, 9.17) is 28.5 Å². The van der Waals surface area contributed by atoms with E-state index in [1.54, 1.807) is 32.2 Å². The molecule has 0 aliphatic carbocycles. The van der Waals surface area contributed by atoms with Gasteiger partial charge in [0, 0.05) is 17.1 Å². The molecular formula is C23H23Cl2N3O2. The first-order valence-electron chi connectivity index (χ1n) is 9.84. The molecule has 156 valence electrons. The normalized spacial score (nSPS) is 18.8. The number of nitrogens with zero attached hydrogens (tertiary/aromatic N) is 3. The number of benzene rings is 2. The Bertz CT molecular complexity index is 980. The number of carbonyl (C=O) groups is 2. The van der Waals surface area contributed by atoms with Crippen LogP contribution in [0.3, 0.4) is 0 Å². The molecule has 1 aliphatic heterocycles. The minimum Gasteiger partial charge on any atom is -0.313 e. The highest BCUT2D eigenvalue weighted by Gasteiger charge is 2.52. The number of aryl methyl sites for hydroxylation is 1. The number of rotatable bonds is 7. The van der Waals surface area contributed by atoms with Gasteiger partial charge in [-0.05, 0) is 62.1 Å². The van der Waals surface area contributed by atoms with Gasteiger partial charge in [-0.25, -0.2) is 9.69 Å². The van der Waals surface area contributed by atoms with Crippen LogP contribution in [0.4, 0.5) is 10.5 Å². The minimum absolute atomic E-state index is 0.263. The van der Waals surface area contributed by atoms with E-state index in [0.29, 0.717) is 27.7 Å². The molecular weight excluding hydrogens is 421 g/mol. The van der Waals surface area contributed by atoms with Gasteiger partial charge in [0.05, 0.1) is 17.3 Å². The van der Waals surface area contributed by atoms with Crippen molar-refractivity contribution in [1.82, 2.24) is 4.90 Å². The van der Waals surface area contributed by atoms with E-state index in [2.05, 4.69) is 6.07 Å². The Morgan fingerprint density at radius 1 is 1.00 bits per heavy atom. The zero-order valence-corrected chi connectivity index (χ0v) is 18.5. The highest BCUT2D eigenvalue weighted by atomic mass is 35.5. The average Bonchev–Trinajstić information content (AvgIpc) is 2.88. The van der Waals surface area contributed by atoms with E-state index in [1.807, 2.05) is 24.3 Å². The third-order valence-electron chi connectivity index (χ3n) is 5.70. The molecule has 30 heavy (non-hydrogen) atoms. The number of hydrogen-bond acceptors (Lipinski definition) is 3. The lowest BCUT2D eigenvalue weighted by atomic mass is 9.92. The third kappa shape index (κ3) is 4.45. The van der Waals surface area contributed by atoms with Crippen LogP contribution in [0.1, 0.15) is 43.7 Å². The summed E-state index contributed by atoms with van der Waals surface area (Å²) in [5, 5.41) is 9.61. The lowest BCUT2D eigenvalue weighted by Gasteiger charge is -2.28. The highest BCUT2D eigenvalue weighted by Crippen LogP contribution is 2.36. The quantitative estimate of drug-likeness (QED) is 0.399. The molecule has 3 amide bonds. The van der Waals surface area contributed by atoms with Crippen LogP contribution in [0.2, 0.25) is 10.0 Å². The molecule has 0 aromatic heterocycles. The van der Waals surface area contributed by atoms with E-state index in [1.165, 1.54) is 10.5 Å². The van der Waals surface area contributed by atoms with Gasteiger partial charge in [-0.3, -0.25) is 4.79 Å². The molecule has 5 nitrogen and oxygen atoms in total. The fourth-order valence-corrected chi connectivity index (χ4v) is 4.24. The number of hydrogen-bond donors (Lipinski definition) is 0. The summed E-state index contributed by atoms with van der Waals surface area (Å²) in [6, 6.07) is 14.0. The standard InChI is InChI=1S/C23H23Cl2N3O2/c1-23(11-5-3-4-6-16-7-9-17(15-26)10-8-16)21(29)28(22(30)27(23)2)20-13-18(24)12-19(25)14-20/h7-10,12-14H,3-6,11H2,1-2H3/t23-/m0/s1. The number of anilines is 1. The van der Waals surface area contributed by atoms with Crippen molar-refractivity contribution in [2.45, 2.75) is 44.6 Å². The molecule has 0 radical (unpaired) electrons. The Hall–Kier alpha value is -2.55. The van der Waals surface area contributed by atoms with Crippen molar-refractivity contribution < 1.29 is 9.59 Å². The van der Waals surface area contributed by atoms with E-state index in [0.717, 1.165) is 30.6 Å². The number of amides is 3. The molecule has 2 aromatic carbocycles. The number of halogens is 2. The zero-order valence-electron chi connectivity index (χ0n) is 17.0. The number of unbranched alkanes of at least 4 members (excludes halogenated alkanes) is 2. The molecule has 1 atom stereocenters. The number of urea groups is 1. The Kier molecular flexibility index (Phi) is 6.70. The summed E-state index contributed by atoms with van der Waals surface area (Å²) < 4.78 is 0. The molecule has 0 spiro atoms. The van der Waals surface area contributed by atoms with Crippen LogP contribution in [-0.4, -0.2) is 29.4 Å². The van der Waals surface area contributed by atoms with Gasteiger partial charge in [0.25, 0.3) is 5.91 Å². The maximum absolute atomic E-state index is 13.2. The van der Waals surface area contributed by atoms with Crippen LogP contribution < -0.4 is 4.90 Å². The van der Waals surface area contributed by atoms with Crippen molar-refractivity contribution in [2.24, 2.45) is 0 Å². The third-order valence-corrected chi connectivity index (χ3v) is 6.14. The van der Waals surface area contributed by atoms with Gasteiger partial charge in [-0.1, -0.05) is 48.2 Å². The van der Waals surface area contributed by atoms with Crippen molar-refractivity contribution in [3.05, 3.63) is 63.6 Å². The Morgan fingerprint density at radius 2 is 1.63 bits per heavy atom. The van der Waals surface area contributed by atoms with Crippen molar-refractivity contribution >= 4 is 40.8 Å². The van der Waals surface area contributed by atoms with Crippen molar-refractivity contribution in [1.29, 1.82) is 5.26 Å². The van der Waals surface area contributed by atoms with Gasteiger partial charge in [-0.15, -0.1) is 0 Å². The molecule has 7 heteroatoms. The monoisotopic (exact) mass is 443 g/mol. The summed E-state index contributed by atoms with van der Waals surface area (Å²) in [5.41, 5.74) is 1.33. The topological polar surface area (TPSA) is 64.4 Å². The maximum atomic E-state index is 13.2. The summed E-state index contributed by atoms with van der Waals surface area (Å²) >= 11 is 12.1. The number of likely N-dealkylation sites (N-methyl/N-ethyl adjacent to an activating group) is 1. The molecule has 0 saturated carbocycles. The molecule has 0 bridgehead atoms. The molecule has 1 saturated heterocycles. The first-order valence-corrected chi connectivity index (χ1v) is 10.6. The molecule has 0 N–H and O–H groups in total. The summed E-state index contributed by atoms with van der Waals surface area (Å²) in [7, 11) is 1.66. The van der Waals surface area contributed by atoms with Crippen molar-refractivity contribution in [3.63, 3.8) is 0 Å². The van der Waals surface area contributed by atoms with Gasteiger partial charge in [0.2, 0.25) is 0 Å². The SMILES string of the molecule is CN1C(=O)N(c2cc(Cl)cc(Cl)c2)C(=O)[C@]1(C)CCCCCc1ccc(C#N)cc1. The minimum atomic E-state index is -0.902. The molecule has 3 rings (SSSR count). The lowest BCUT2D eigenvalue weighted by molar-refractivity contribution is -0.124. The van der Waals surface area contributed by atoms with E-state index in [-0.39, 0.29) is 11.9 Å². The Labute approximate surface area is 186 Å². The fourth-order valence-electron chi connectivity index (χ4n) is 3.72. The van der Waals surface area contributed by atoms with Gasteiger partial charge in [0.15, 0.2) is 0 Å². The van der Waals surface area contributed by atoms with E-state index >= 15 is 0 Å². The molecule has 1 aliphatic rings. The van der Waals surface area contributed by atoms with E-state index in [9.17, 15) is 9.59 Å². The van der Waals surface area contributed by atoms with Gasteiger partial charge < -0.3 is 4.90 Å². The van der Waals surface area contributed by atoms with Gasteiger partial charge in [-0.2, -0.15) is 5.26 Å². The second-order valence-electron chi connectivity index (χ2n) is 7.75. The summed E-state index contributed by atoms with van der Waals surface area (Å²) in [5.74, 6) is -0.263. The molecule has 0 unspecified atom stereocenters. The smallest absolute Gasteiger partial charge is 0.313 e. The second kappa shape index (κ2) is 9.07. The zero-order chi connectivity index (χ0) is 21.9. The lowest BCUT2D eigenvalue weighted by Crippen LogP contribution is -2.44. The van der Waals surface area contributed by atoms with Crippen LogP contribution in [0.15, 0.2) is 42.5 Å². The van der Waals surface area contributed by atoms with Crippen molar-refractivity contribution in [2.75, 3.05) is 11.9 Å². The van der Waals surface area contributed by atoms with Crippen LogP contribution in [0.25, 0.3) is 0 Å². The second-order valence-corrected chi connectivity index (χ2v) is 8.63. The summed E-state index contributed by atoms with van der Waals surface area (Å²) in [6.45, 7) is 1.81. The maximum Gasteiger partial charge on any atom is 0.332 e. The van der Waals surface area contributed by atoms with Crippen LogP contribution in [0.5, 0.6) is 0 Å².